The summed E-state index contributed by atoms with van der Waals surface area (Å²) in [6.07, 6.45) is 3.66. The van der Waals surface area contributed by atoms with E-state index in [1.165, 1.54) is 5.56 Å². The van der Waals surface area contributed by atoms with E-state index in [9.17, 15) is 0 Å². The third-order valence-electron chi connectivity index (χ3n) is 2.95. The summed E-state index contributed by atoms with van der Waals surface area (Å²) in [5.74, 6) is 0.883. The summed E-state index contributed by atoms with van der Waals surface area (Å²) in [7, 11) is 0. The van der Waals surface area contributed by atoms with E-state index in [0.29, 0.717) is 0 Å². The van der Waals surface area contributed by atoms with Gasteiger partial charge in [0.25, 0.3) is 0 Å². The Balaban J connectivity index is 1.99. The van der Waals surface area contributed by atoms with Crippen LogP contribution in [-0.4, -0.2) is 10.1 Å². The molecule has 0 radical (unpaired) electrons. The van der Waals surface area contributed by atoms with Gasteiger partial charge in [-0.05, 0) is 32.4 Å². The minimum Gasteiger partial charge on any atom is -0.361 e. The van der Waals surface area contributed by atoms with Crippen molar-refractivity contribution >= 4 is 0 Å². The number of nitrogens with zero attached hydrogens (tertiary/aromatic N) is 2. The minimum absolute atomic E-state index is 0.261. The summed E-state index contributed by atoms with van der Waals surface area (Å²) in [6.45, 7) is 6.78. The largest absolute Gasteiger partial charge is 0.361 e. The number of rotatable bonds is 4. The zero-order valence-electron chi connectivity index (χ0n) is 10.4. The highest BCUT2D eigenvalue weighted by atomic mass is 16.5. The van der Waals surface area contributed by atoms with E-state index in [4.69, 9.17) is 4.52 Å². The molecule has 2 rings (SSSR count). The van der Waals surface area contributed by atoms with Gasteiger partial charge in [0.15, 0.2) is 0 Å². The van der Waals surface area contributed by atoms with E-state index in [0.717, 1.165) is 23.6 Å². The molecule has 0 saturated heterocycles. The van der Waals surface area contributed by atoms with E-state index in [2.05, 4.69) is 28.4 Å². The molecular weight excluding hydrogens is 214 g/mol. The third kappa shape index (κ3) is 2.71. The van der Waals surface area contributed by atoms with Crippen molar-refractivity contribution in [2.24, 2.45) is 0 Å². The van der Waals surface area contributed by atoms with E-state index in [-0.39, 0.29) is 6.04 Å². The molecule has 1 atom stereocenters. The topological polar surface area (TPSA) is 51.0 Å². The number of pyridine rings is 1. The number of hydrogen-bond donors (Lipinski definition) is 1. The van der Waals surface area contributed by atoms with Crippen LogP contribution in [0.15, 0.2) is 29.0 Å². The quantitative estimate of drug-likeness (QED) is 0.878. The molecule has 4 nitrogen and oxygen atoms in total. The van der Waals surface area contributed by atoms with E-state index < -0.39 is 0 Å². The molecule has 0 saturated carbocycles. The number of hydrogen-bond acceptors (Lipinski definition) is 4. The molecule has 0 spiro atoms. The van der Waals surface area contributed by atoms with Gasteiger partial charge in [-0.3, -0.25) is 4.98 Å². The second-order valence-electron chi connectivity index (χ2n) is 4.19. The number of aryl methyl sites for hydroxylation is 2. The summed E-state index contributed by atoms with van der Waals surface area (Å²) in [5.41, 5.74) is 3.27. The molecule has 2 aromatic rings. The lowest BCUT2D eigenvalue weighted by Crippen LogP contribution is -2.18. The monoisotopic (exact) mass is 231 g/mol. The summed E-state index contributed by atoms with van der Waals surface area (Å²) < 4.78 is 5.13. The fourth-order valence-electron chi connectivity index (χ4n) is 1.76. The van der Waals surface area contributed by atoms with Gasteiger partial charge in [-0.15, -0.1) is 0 Å². The molecular formula is C13H17N3O. The average molecular weight is 231 g/mol. The maximum Gasteiger partial charge on any atom is 0.138 e. The number of aromatic nitrogens is 2. The molecule has 0 aliphatic carbocycles. The van der Waals surface area contributed by atoms with Gasteiger partial charge in [-0.2, -0.15) is 0 Å². The van der Waals surface area contributed by atoms with Gasteiger partial charge in [0.05, 0.1) is 5.69 Å². The lowest BCUT2D eigenvalue weighted by Gasteiger charge is -2.13. The molecule has 2 heterocycles. The van der Waals surface area contributed by atoms with Crippen molar-refractivity contribution in [3.63, 3.8) is 0 Å². The zero-order chi connectivity index (χ0) is 12.3. The van der Waals surface area contributed by atoms with Crippen LogP contribution >= 0.6 is 0 Å². The van der Waals surface area contributed by atoms with E-state index >= 15 is 0 Å². The highest BCUT2D eigenvalue weighted by molar-refractivity contribution is 5.21. The lowest BCUT2D eigenvalue weighted by atomic mass is 10.1. The molecule has 4 heteroatoms. The SMILES string of the molecule is Cc1noc(C)c1CNC(C)c1cccnc1. The third-order valence-corrected chi connectivity index (χ3v) is 2.95. The molecule has 0 aliphatic heterocycles. The predicted molar refractivity (Wildman–Crippen MR) is 65.5 cm³/mol. The fourth-order valence-corrected chi connectivity index (χ4v) is 1.76. The molecule has 1 unspecified atom stereocenters. The van der Waals surface area contributed by atoms with Crippen LogP contribution in [-0.2, 0) is 6.54 Å². The Bertz CT molecular complexity index is 459. The Morgan fingerprint density at radius 2 is 2.24 bits per heavy atom. The lowest BCUT2D eigenvalue weighted by molar-refractivity contribution is 0.391. The van der Waals surface area contributed by atoms with Crippen LogP contribution in [0.4, 0.5) is 0 Å². The van der Waals surface area contributed by atoms with Crippen molar-refractivity contribution in [3.05, 3.63) is 47.1 Å². The molecule has 0 aromatic carbocycles. The first-order valence-corrected chi connectivity index (χ1v) is 5.73. The zero-order valence-corrected chi connectivity index (χ0v) is 10.4. The molecule has 90 valence electrons. The van der Waals surface area contributed by atoms with Gasteiger partial charge in [-0.25, -0.2) is 0 Å². The first-order valence-electron chi connectivity index (χ1n) is 5.73. The van der Waals surface area contributed by atoms with Gasteiger partial charge in [0.2, 0.25) is 0 Å². The maximum absolute atomic E-state index is 5.13. The first kappa shape index (κ1) is 11.8. The number of nitrogens with one attached hydrogen (secondary N) is 1. The van der Waals surface area contributed by atoms with Gasteiger partial charge < -0.3 is 9.84 Å². The van der Waals surface area contributed by atoms with Crippen LogP contribution < -0.4 is 5.32 Å². The second-order valence-corrected chi connectivity index (χ2v) is 4.19. The standard InChI is InChI=1S/C13H17N3O/c1-9(12-5-4-6-14-7-12)15-8-13-10(2)16-17-11(13)3/h4-7,9,15H,8H2,1-3H3. The van der Waals surface area contributed by atoms with Gasteiger partial charge >= 0.3 is 0 Å². The van der Waals surface area contributed by atoms with E-state index in [1.807, 2.05) is 26.1 Å². The smallest absolute Gasteiger partial charge is 0.138 e. The van der Waals surface area contributed by atoms with Gasteiger partial charge in [0.1, 0.15) is 5.76 Å². The van der Waals surface area contributed by atoms with Crippen molar-refractivity contribution in [2.75, 3.05) is 0 Å². The Morgan fingerprint density at radius 1 is 1.41 bits per heavy atom. The first-order chi connectivity index (χ1) is 8.18. The minimum atomic E-state index is 0.261. The van der Waals surface area contributed by atoms with Crippen LogP contribution in [0.3, 0.4) is 0 Å². The van der Waals surface area contributed by atoms with Crippen molar-refractivity contribution in [3.8, 4) is 0 Å². The second kappa shape index (κ2) is 5.10. The molecule has 2 aromatic heterocycles. The van der Waals surface area contributed by atoms with Crippen molar-refractivity contribution < 1.29 is 4.52 Å². The summed E-state index contributed by atoms with van der Waals surface area (Å²) in [6, 6.07) is 4.28. The fraction of sp³-hybridized carbons (Fsp3) is 0.385. The van der Waals surface area contributed by atoms with E-state index in [1.54, 1.807) is 6.20 Å². The Morgan fingerprint density at radius 3 is 2.82 bits per heavy atom. The van der Waals surface area contributed by atoms with Crippen LogP contribution in [0.2, 0.25) is 0 Å². The maximum atomic E-state index is 5.13. The average Bonchev–Trinajstić information content (AvgIpc) is 2.67. The van der Waals surface area contributed by atoms with Gasteiger partial charge in [0, 0.05) is 30.5 Å². The van der Waals surface area contributed by atoms with Crippen molar-refractivity contribution in [1.29, 1.82) is 0 Å². The summed E-state index contributed by atoms with van der Waals surface area (Å²) in [4.78, 5) is 4.11. The molecule has 0 aliphatic rings. The Kier molecular flexibility index (Phi) is 3.54. The summed E-state index contributed by atoms with van der Waals surface area (Å²) >= 11 is 0. The summed E-state index contributed by atoms with van der Waals surface area (Å²) in [5, 5.41) is 7.38. The highest BCUT2D eigenvalue weighted by Crippen LogP contribution is 2.15. The Labute approximate surface area is 101 Å². The highest BCUT2D eigenvalue weighted by Gasteiger charge is 2.10. The van der Waals surface area contributed by atoms with Crippen LogP contribution in [0, 0.1) is 13.8 Å². The van der Waals surface area contributed by atoms with Crippen molar-refractivity contribution in [2.45, 2.75) is 33.4 Å². The van der Waals surface area contributed by atoms with Crippen molar-refractivity contribution in [1.82, 2.24) is 15.5 Å². The van der Waals surface area contributed by atoms with Crippen LogP contribution in [0.25, 0.3) is 0 Å². The molecule has 0 amide bonds. The predicted octanol–water partition coefficient (Wildman–Crippen LogP) is 2.54. The normalized spacial score (nSPS) is 12.6. The molecule has 17 heavy (non-hydrogen) atoms. The molecule has 0 bridgehead atoms. The van der Waals surface area contributed by atoms with Crippen LogP contribution in [0.5, 0.6) is 0 Å². The Hall–Kier alpha value is -1.68. The molecule has 0 fully saturated rings. The van der Waals surface area contributed by atoms with Crippen LogP contribution in [0.1, 0.15) is 35.5 Å². The molecule has 1 N–H and O–H groups in total. The van der Waals surface area contributed by atoms with Gasteiger partial charge in [-0.1, -0.05) is 11.2 Å².